The van der Waals surface area contributed by atoms with E-state index in [9.17, 15) is 9.18 Å². The Bertz CT molecular complexity index is 734. The van der Waals surface area contributed by atoms with Crippen molar-refractivity contribution in [2.75, 3.05) is 13.1 Å². The molecule has 0 atom stereocenters. The number of amides is 1. The molecule has 4 nitrogen and oxygen atoms in total. The lowest BCUT2D eigenvalue weighted by Crippen LogP contribution is -2.34. The Morgan fingerprint density at radius 1 is 1.12 bits per heavy atom. The molecule has 1 amide bonds. The second-order valence-corrected chi connectivity index (χ2v) is 6.95. The largest absolute Gasteiger partial charge is 0.338 e. The van der Waals surface area contributed by atoms with Gasteiger partial charge in [0.25, 0.3) is 5.91 Å². The van der Waals surface area contributed by atoms with Crippen molar-refractivity contribution in [2.24, 2.45) is 0 Å². The van der Waals surface area contributed by atoms with Gasteiger partial charge in [-0.2, -0.15) is 5.10 Å². The number of likely N-dealkylation sites (tertiary alicyclic amines) is 1. The van der Waals surface area contributed by atoms with Gasteiger partial charge in [0.1, 0.15) is 11.0 Å². The zero-order chi connectivity index (χ0) is 17.8. The molecule has 0 aliphatic carbocycles. The molecule has 3 rings (SSSR count). The van der Waals surface area contributed by atoms with Crippen LogP contribution >= 0.6 is 11.6 Å². The second kappa shape index (κ2) is 8.00. The van der Waals surface area contributed by atoms with Gasteiger partial charge in [-0.15, -0.1) is 0 Å². The van der Waals surface area contributed by atoms with Gasteiger partial charge >= 0.3 is 0 Å². The van der Waals surface area contributed by atoms with Crippen LogP contribution in [0.4, 0.5) is 4.39 Å². The van der Waals surface area contributed by atoms with Crippen molar-refractivity contribution in [2.45, 2.75) is 45.6 Å². The number of halogens is 2. The third kappa shape index (κ3) is 4.21. The number of aromatic nitrogens is 2. The van der Waals surface area contributed by atoms with E-state index in [0.717, 1.165) is 31.5 Å². The molecule has 1 aromatic carbocycles. The number of carbonyl (C=O) groups excluding carboxylic acids is 1. The summed E-state index contributed by atoms with van der Waals surface area (Å²) in [5.41, 5.74) is 2.01. The monoisotopic (exact) mass is 363 g/mol. The van der Waals surface area contributed by atoms with Crippen molar-refractivity contribution in [3.05, 3.63) is 52.1 Å². The minimum atomic E-state index is -0.278. The quantitative estimate of drug-likeness (QED) is 0.808. The van der Waals surface area contributed by atoms with Crippen molar-refractivity contribution in [1.82, 2.24) is 14.7 Å². The van der Waals surface area contributed by atoms with E-state index in [1.54, 1.807) is 16.8 Å². The lowest BCUT2D eigenvalue weighted by atomic mass is 10.1. The van der Waals surface area contributed by atoms with E-state index in [-0.39, 0.29) is 11.7 Å². The Morgan fingerprint density at radius 2 is 1.72 bits per heavy atom. The number of benzene rings is 1. The summed E-state index contributed by atoms with van der Waals surface area (Å²) in [7, 11) is 0. The third-order valence-corrected chi connectivity index (χ3v) is 5.05. The fourth-order valence-electron chi connectivity index (χ4n) is 3.27. The molecular weight excluding hydrogens is 341 g/mol. The van der Waals surface area contributed by atoms with E-state index in [4.69, 9.17) is 11.6 Å². The maximum atomic E-state index is 13.0. The summed E-state index contributed by atoms with van der Waals surface area (Å²) >= 11 is 6.48. The van der Waals surface area contributed by atoms with Gasteiger partial charge in [0.05, 0.1) is 17.8 Å². The summed E-state index contributed by atoms with van der Waals surface area (Å²) in [5, 5.41) is 4.78. The summed E-state index contributed by atoms with van der Waals surface area (Å²) < 4.78 is 14.7. The first-order valence-electron chi connectivity index (χ1n) is 8.83. The Balaban J connectivity index is 1.80. The van der Waals surface area contributed by atoms with E-state index in [1.165, 1.54) is 31.4 Å². The number of hydrogen-bond acceptors (Lipinski definition) is 2. The van der Waals surface area contributed by atoms with Crippen LogP contribution < -0.4 is 0 Å². The van der Waals surface area contributed by atoms with Crippen LogP contribution in [0.25, 0.3) is 0 Å². The van der Waals surface area contributed by atoms with Crippen molar-refractivity contribution in [1.29, 1.82) is 0 Å². The highest BCUT2D eigenvalue weighted by molar-refractivity contribution is 6.33. The van der Waals surface area contributed by atoms with Crippen molar-refractivity contribution in [3.63, 3.8) is 0 Å². The lowest BCUT2D eigenvalue weighted by molar-refractivity contribution is 0.0742. The molecule has 25 heavy (non-hydrogen) atoms. The Hall–Kier alpha value is -1.88. The highest BCUT2D eigenvalue weighted by Gasteiger charge is 2.25. The van der Waals surface area contributed by atoms with Gasteiger partial charge < -0.3 is 4.90 Å². The first-order chi connectivity index (χ1) is 12.1. The molecule has 2 heterocycles. The fraction of sp³-hybridized carbons (Fsp3) is 0.474. The molecule has 0 saturated carbocycles. The predicted octanol–water partition coefficient (Wildman–Crippen LogP) is 4.44. The molecule has 6 heteroatoms. The van der Waals surface area contributed by atoms with Crippen LogP contribution in [0.3, 0.4) is 0 Å². The molecule has 1 aromatic heterocycles. The topological polar surface area (TPSA) is 38.1 Å². The molecule has 1 aliphatic rings. The number of nitrogens with zero attached hydrogens (tertiary/aromatic N) is 3. The maximum absolute atomic E-state index is 13.0. The fourth-order valence-corrected chi connectivity index (χ4v) is 3.59. The first kappa shape index (κ1) is 17.9. The van der Waals surface area contributed by atoms with Gasteiger partial charge in [-0.05, 0) is 37.5 Å². The summed E-state index contributed by atoms with van der Waals surface area (Å²) in [6, 6.07) is 6.21. The van der Waals surface area contributed by atoms with Gasteiger partial charge in [-0.3, -0.25) is 4.79 Å². The van der Waals surface area contributed by atoms with E-state index in [0.29, 0.717) is 23.0 Å². The molecule has 0 bridgehead atoms. The smallest absolute Gasteiger partial charge is 0.258 e. The van der Waals surface area contributed by atoms with Crippen molar-refractivity contribution < 1.29 is 9.18 Å². The first-order valence-corrected chi connectivity index (χ1v) is 9.20. The highest BCUT2D eigenvalue weighted by Crippen LogP contribution is 2.24. The number of carbonyl (C=O) groups is 1. The van der Waals surface area contributed by atoms with Gasteiger partial charge in [0.15, 0.2) is 0 Å². The normalized spacial score (nSPS) is 15.7. The number of rotatable bonds is 3. The predicted molar refractivity (Wildman–Crippen MR) is 96.5 cm³/mol. The Labute approximate surface area is 152 Å². The minimum Gasteiger partial charge on any atom is -0.338 e. The molecule has 0 spiro atoms. The summed E-state index contributed by atoms with van der Waals surface area (Å²) in [6.07, 6.45) is 5.65. The Kier molecular flexibility index (Phi) is 5.74. The van der Waals surface area contributed by atoms with Crippen LogP contribution in [0.1, 0.15) is 53.7 Å². The highest BCUT2D eigenvalue weighted by atomic mass is 35.5. The van der Waals surface area contributed by atoms with Gasteiger partial charge in [-0.1, -0.05) is 43.0 Å². The average molecular weight is 364 g/mol. The summed E-state index contributed by atoms with van der Waals surface area (Å²) in [4.78, 5) is 14.9. The van der Waals surface area contributed by atoms with Crippen LogP contribution in [0, 0.1) is 12.7 Å². The molecule has 1 fully saturated rings. The number of hydrogen-bond donors (Lipinski definition) is 0. The average Bonchev–Trinajstić information content (AvgIpc) is 2.83. The van der Waals surface area contributed by atoms with E-state index in [2.05, 4.69) is 5.10 Å². The standard InChI is InChI=1S/C19H23ClFN3O/c1-14-17(19(25)23-11-5-3-2-4-6-12-23)18(20)24(22-14)13-15-7-9-16(21)10-8-15/h7-10H,2-6,11-13H2,1H3. The molecular formula is C19H23ClFN3O. The minimum absolute atomic E-state index is 0.0326. The third-order valence-electron chi connectivity index (χ3n) is 4.67. The molecule has 1 saturated heterocycles. The van der Waals surface area contributed by atoms with Crippen LogP contribution in [-0.4, -0.2) is 33.7 Å². The Morgan fingerprint density at radius 3 is 2.36 bits per heavy atom. The maximum Gasteiger partial charge on any atom is 0.258 e. The van der Waals surface area contributed by atoms with Crippen LogP contribution in [-0.2, 0) is 6.54 Å². The molecule has 2 aromatic rings. The number of aryl methyl sites for hydroxylation is 1. The zero-order valence-electron chi connectivity index (χ0n) is 14.5. The molecule has 0 N–H and O–H groups in total. The molecule has 0 radical (unpaired) electrons. The van der Waals surface area contributed by atoms with E-state index >= 15 is 0 Å². The van der Waals surface area contributed by atoms with Gasteiger partial charge in [0, 0.05) is 13.1 Å². The van der Waals surface area contributed by atoms with Crippen LogP contribution in [0.2, 0.25) is 5.15 Å². The molecule has 0 unspecified atom stereocenters. The summed E-state index contributed by atoms with van der Waals surface area (Å²) in [5.74, 6) is -0.311. The zero-order valence-corrected chi connectivity index (χ0v) is 15.2. The van der Waals surface area contributed by atoms with Crippen LogP contribution in [0.5, 0.6) is 0 Å². The van der Waals surface area contributed by atoms with Crippen molar-refractivity contribution in [3.8, 4) is 0 Å². The van der Waals surface area contributed by atoms with Gasteiger partial charge in [-0.25, -0.2) is 9.07 Å². The summed E-state index contributed by atoms with van der Waals surface area (Å²) in [6.45, 7) is 3.77. The lowest BCUT2D eigenvalue weighted by Gasteiger charge is -2.24. The molecule has 134 valence electrons. The van der Waals surface area contributed by atoms with Crippen molar-refractivity contribution >= 4 is 17.5 Å². The second-order valence-electron chi connectivity index (χ2n) is 6.60. The van der Waals surface area contributed by atoms with Crippen LogP contribution in [0.15, 0.2) is 24.3 Å². The molecule has 1 aliphatic heterocycles. The van der Waals surface area contributed by atoms with E-state index in [1.807, 2.05) is 11.8 Å². The SMILES string of the molecule is Cc1nn(Cc2ccc(F)cc2)c(Cl)c1C(=O)N1CCCCCCC1. The van der Waals surface area contributed by atoms with E-state index < -0.39 is 0 Å². The van der Waals surface area contributed by atoms with Gasteiger partial charge in [0.2, 0.25) is 0 Å².